The molecule has 0 aliphatic heterocycles. The second kappa shape index (κ2) is 2.38. The maximum Gasteiger partial charge on any atom is 0.140 e. The molecule has 1 aliphatic carbocycles. The van der Waals surface area contributed by atoms with Gasteiger partial charge in [0, 0.05) is 17.3 Å². The molecule has 10 heavy (non-hydrogen) atoms. The molecule has 0 saturated heterocycles. The topological polar surface area (TPSA) is 26.0 Å². The SMILES string of the molecule is BrCc1cc(C2CC2)on1. The van der Waals surface area contributed by atoms with E-state index in [2.05, 4.69) is 21.1 Å². The van der Waals surface area contributed by atoms with Gasteiger partial charge in [-0.3, -0.25) is 0 Å². The Morgan fingerprint density at radius 3 is 3.00 bits per heavy atom. The highest BCUT2D eigenvalue weighted by atomic mass is 79.9. The molecule has 0 bridgehead atoms. The third kappa shape index (κ3) is 1.10. The van der Waals surface area contributed by atoms with Crippen molar-refractivity contribution in [1.29, 1.82) is 0 Å². The van der Waals surface area contributed by atoms with Gasteiger partial charge in [0.15, 0.2) is 0 Å². The van der Waals surface area contributed by atoms with Crippen LogP contribution >= 0.6 is 15.9 Å². The second-order valence-corrected chi connectivity index (χ2v) is 3.19. The average Bonchev–Trinajstić information content (AvgIpc) is 2.70. The van der Waals surface area contributed by atoms with Crippen LogP contribution in [-0.4, -0.2) is 5.16 Å². The van der Waals surface area contributed by atoms with Gasteiger partial charge in [-0.2, -0.15) is 0 Å². The summed E-state index contributed by atoms with van der Waals surface area (Å²) in [5, 5.41) is 4.67. The molecule has 1 aromatic rings. The summed E-state index contributed by atoms with van der Waals surface area (Å²) >= 11 is 3.32. The fourth-order valence-electron chi connectivity index (χ4n) is 0.951. The van der Waals surface area contributed by atoms with Crippen molar-refractivity contribution >= 4 is 15.9 Å². The van der Waals surface area contributed by atoms with Crippen molar-refractivity contribution in [1.82, 2.24) is 5.16 Å². The highest BCUT2D eigenvalue weighted by molar-refractivity contribution is 9.08. The molecule has 1 fully saturated rings. The molecule has 0 aromatic carbocycles. The van der Waals surface area contributed by atoms with Gasteiger partial charge in [-0.15, -0.1) is 0 Å². The Labute approximate surface area is 67.7 Å². The van der Waals surface area contributed by atoms with Crippen LogP contribution in [0.3, 0.4) is 0 Å². The van der Waals surface area contributed by atoms with Crippen LogP contribution in [0.5, 0.6) is 0 Å². The monoisotopic (exact) mass is 201 g/mol. The first kappa shape index (κ1) is 6.40. The van der Waals surface area contributed by atoms with Crippen molar-refractivity contribution in [3.63, 3.8) is 0 Å². The molecule has 2 rings (SSSR count). The molecule has 2 nitrogen and oxygen atoms in total. The zero-order valence-electron chi connectivity index (χ0n) is 5.51. The number of nitrogens with zero attached hydrogens (tertiary/aromatic N) is 1. The Morgan fingerprint density at radius 2 is 2.50 bits per heavy atom. The van der Waals surface area contributed by atoms with Crippen LogP contribution in [0, 0.1) is 0 Å². The molecule has 0 spiro atoms. The van der Waals surface area contributed by atoms with Crippen LogP contribution in [0.25, 0.3) is 0 Å². The summed E-state index contributed by atoms with van der Waals surface area (Å²) in [6.07, 6.45) is 2.55. The number of hydrogen-bond donors (Lipinski definition) is 0. The number of aromatic nitrogens is 1. The van der Waals surface area contributed by atoms with Crippen LogP contribution in [0.1, 0.15) is 30.2 Å². The fraction of sp³-hybridized carbons (Fsp3) is 0.571. The lowest BCUT2D eigenvalue weighted by atomic mass is 10.3. The van der Waals surface area contributed by atoms with Crippen LogP contribution in [-0.2, 0) is 5.33 Å². The predicted molar refractivity (Wildman–Crippen MR) is 41.1 cm³/mol. The molecule has 1 aliphatic rings. The Balaban J connectivity index is 2.19. The second-order valence-electron chi connectivity index (χ2n) is 2.63. The van der Waals surface area contributed by atoms with E-state index in [-0.39, 0.29) is 0 Å². The summed E-state index contributed by atoms with van der Waals surface area (Å²) in [7, 11) is 0. The van der Waals surface area contributed by atoms with Crippen molar-refractivity contribution < 1.29 is 4.52 Å². The van der Waals surface area contributed by atoms with E-state index >= 15 is 0 Å². The highest BCUT2D eigenvalue weighted by Crippen LogP contribution is 2.40. The molecule has 0 radical (unpaired) electrons. The Morgan fingerprint density at radius 1 is 1.70 bits per heavy atom. The lowest BCUT2D eigenvalue weighted by Crippen LogP contribution is -1.71. The molecule has 0 unspecified atom stereocenters. The van der Waals surface area contributed by atoms with Gasteiger partial charge in [0.2, 0.25) is 0 Å². The molecule has 0 amide bonds. The van der Waals surface area contributed by atoms with Crippen molar-refractivity contribution in [2.45, 2.75) is 24.1 Å². The smallest absolute Gasteiger partial charge is 0.140 e. The van der Waals surface area contributed by atoms with E-state index in [0.717, 1.165) is 16.8 Å². The Bertz CT molecular complexity index is 229. The summed E-state index contributed by atoms with van der Waals surface area (Å²) in [5.41, 5.74) is 1.00. The zero-order valence-corrected chi connectivity index (χ0v) is 7.10. The fourth-order valence-corrected chi connectivity index (χ4v) is 1.22. The minimum Gasteiger partial charge on any atom is -0.361 e. The van der Waals surface area contributed by atoms with Gasteiger partial charge >= 0.3 is 0 Å². The molecule has 1 saturated carbocycles. The van der Waals surface area contributed by atoms with Gasteiger partial charge in [0.1, 0.15) is 5.76 Å². The number of hydrogen-bond acceptors (Lipinski definition) is 2. The molecule has 3 heteroatoms. The summed E-state index contributed by atoms with van der Waals surface area (Å²) in [5.74, 6) is 1.75. The van der Waals surface area contributed by atoms with Crippen molar-refractivity contribution in [3.8, 4) is 0 Å². The van der Waals surface area contributed by atoms with E-state index in [9.17, 15) is 0 Å². The summed E-state index contributed by atoms with van der Waals surface area (Å²) in [6.45, 7) is 0. The van der Waals surface area contributed by atoms with Gasteiger partial charge < -0.3 is 4.52 Å². The molecule has 1 heterocycles. The Hall–Kier alpha value is -0.310. The first-order chi connectivity index (χ1) is 4.90. The van der Waals surface area contributed by atoms with Crippen LogP contribution < -0.4 is 0 Å². The first-order valence-corrected chi connectivity index (χ1v) is 4.54. The minimum atomic E-state index is 0.681. The third-order valence-corrected chi connectivity index (χ3v) is 2.27. The lowest BCUT2D eigenvalue weighted by Gasteiger charge is -1.80. The van der Waals surface area contributed by atoms with E-state index in [1.807, 2.05) is 6.07 Å². The summed E-state index contributed by atoms with van der Waals surface area (Å²) in [6, 6.07) is 2.03. The molecular formula is C7H8BrNO. The van der Waals surface area contributed by atoms with Gasteiger partial charge in [-0.25, -0.2) is 0 Å². The van der Waals surface area contributed by atoms with Crippen molar-refractivity contribution in [2.75, 3.05) is 0 Å². The van der Waals surface area contributed by atoms with Gasteiger partial charge in [-0.05, 0) is 12.8 Å². The number of halogens is 1. The van der Waals surface area contributed by atoms with E-state index in [1.54, 1.807) is 0 Å². The molecule has 0 atom stereocenters. The van der Waals surface area contributed by atoms with Crippen LogP contribution in [0.4, 0.5) is 0 Å². The average molecular weight is 202 g/mol. The Kier molecular flexibility index (Phi) is 1.52. The quantitative estimate of drug-likeness (QED) is 0.688. The number of alkyl halides is 1. The summed E-state index contributed by atoms with van der Waals surface area (Å²) < 4.78 is 5.10. The molecule has 1 aromatic heterocycles. The van der Waals surface area contributed by atoms with Gasteiger partial charge in [0.25, 0.3) is 0 Å². The van der Waals surface area contributed by atoms with E-state index in [4.69, 9.17) is 4.52 Å². The van der Waals surface area contributed by atoms with Crippen molar-refractivity contribution in [3.05, 3.63) is 17.5 Å². The van der Waals surface area contributed by atoms with Crippen LogP contribution in [0.15, 0.2) is 10.6 Å². The zero-order chi connectivity index (χ0) is 6.97. The van der Waals surface area contributed by atoms with Crippen LogP contribution in [0.2, 0.25) is 0 Å². The third-order valence-electron chi connectivity index (χ3n) is 1.69. The molecule has 0 N–H and O–H groups in total. The van der Waals surface area contributed by atoms with Crippen molar-refractivity contribution in [2.24, 2.45) is 0 Å². The molecular weight excluding hydrogens is 194 g/mol. The maximum absolute atomic E-state index is 5.10. The molecule has 54 valence electrons. The van der Waals surface area contributed by atoms with Gasteiger partial charge in [-0.1, -0.05) is 21.1 Å². The largest absolute Gasteiger partial charge is 0.361 e. The number of rotatable bonds is 2. The summed E-state index contributed by atoms with van der Waals surface area (Å²) in [4.78, 5) is 0. The minimum absolute atomic E-state index is 0.681. The van der Waals surface area contributed by atoms with Gasteiger partial charge in [0.05, 0.1) is 5.69 Å². The first-order valence-electron chi connectivity index (χ1n) is 3.41. The van der Waals surface area contributed by atoms with E-state index < -0.39 is 0 Å². The maximum atomic E-state index is 5.10. The normalized spacial score (nSPS) is 17.7. The van der Waals surface area contributed by atoms with E-state index in [0.29, 0.717) is 5.92 Å². The lowest BCUT2D eigenvalue weighted by molar-refractivity contribution is 0.380. The standard InChI is InChI=1S/C7H8BrNO/c8-4-6-3-7(10-9-6)5-1-2-5/h3,5H,1-2,4H2. The predicted octanol–water partition coefficient (Wildman–Crippen LogP) is 2.45. The van der Waals surface area contributed by atoms with E-state index in [1.165, 1.54) is 12.8 Å². The highest BCUT2D eigenvalue weighted by Gasteiger charge is 2.27.